The summed E-state index contributed by atoms with van der Waals surface area (Å²) in [7, 11) is 1.89. The maximum atomic E-state index is 12.8. The molecule has 0 saturated carbocycles. The smallest absolute Gasteiger partial charge is 0.225 e. The van der Waals surface area contributed by atoms with Gasteiger partial charge in [-0.1, -0.05) is 12.1 Å². The van der Waals surface area contributed by atoms with Gasteiger partial charge in [0.15, 0.2) is 0 Å². The summed E-state index contributed by atoms with van der Waals surface area (Å²) < 4.78 is 1.78. The van der Waals surface area contributed by atoms with Gasteiger partial charge in [0.25, 0.3) is 0 Å². The fourth-order valence-electron chi connectivity index (χ4n) is 3.50. The van der Waals surface area contributed by atoms with E-state index in [1.807, 2.05) is 50.6 Å². The van der Waals surface area contributed by atoms with Crippen molar-refractivity contribution in [2.75, 3.05) is 13.1 Å². The van der Waals surface area contributed by atoms with Crippen LogP contribution in [0.25, 0.3) is 11.0 Å². The predicted molar refractivity (Wildman–Crippen MR) is 95.0 cm³/mol. The van der Waals surface area contributed by atoms with Gasteiger partial charge in [-0.15, -0.1) is 0 Å². The van der Waals surface area contributed by atoms with Crippen LogP contribution in [0.1, 0.15) is 30.3 Å². The zero-order valence-electron chi connectivity index (χ0n) is 14.4. The molecule has 1 aromatic carbocycles. The first-order valence-electron chi connectivity index (χ1n) is 8.56. The fraction of sp³-hybridized carbons (Fsp3) is 0.389. The van der Waals surface area contributed by atoms with Crippen LogP contribution in [0.3, 0.4) is 0 Å². The third-order valence-corrected chi connectivity index (χ3v) is 4.88. The van der Waals surface area contributed by atoms with E-state index in [2.05, 4.69) is 25.7 Å². The van der Waals surface area contributed by atoms with Crippen LogP contribution in [0, 0.1) is 5.92 Å². The SMILES string of the molecule is CC(NC(=O)[C@H]1CNC[C@@H]1c1cnn(C)c1)c1nc2ccccc2[nH]1. The van der Waals surface area contributed by atoms with Crippen LogP contribution in [0.5, 0.6) is 0 Å². The first-order valence-corrected chi connectivity index (χ1v) is 8.56. The summed E-state index contributed by atoms with van der Waals surface area (Å²) in [5.74, 6) is 0.873. The number of aryl methyl sites for hydroxylation is 1. The number of carbonyl (C=O) groups excluding carboxylic acids is 1. The molecule has 0 aliphatic carbocycles. The third kappa shape index (κ3) is 3.02. The lowest BCUT2D eigenvalue weighted by Crippen LogP contribution is -2.36. The van der Waals surface area contributed by atoms with Crippen molar-refractivity contribution in [3.63, 3.8) is 0 Å². The number of hydrogen-bond acceptors (Lipinski definition) is 4. The van der Waals surface area contributed by atoms with Crippen LogP contribution in [-0.2, 0) is 11.8 Å². The van der Waals surface area contributed by atoms with E-state index in [-0.39, 0.29) is 23.8 Å². The van der Waals surface area contributed by atoms with Crippen molar-refractivity contribution in [3.05, 3.63) is 48.0 Å². The van der Waals surface area contributed by atoms with Gasteiger partial charge in [0.05, 0.1) is 29.2 Å². The summed E-state index contributed by atoms with van der Waals surface area (Å²) in [5.41, 5.74) is 2.99. The number of carbonyl (C=O) groups is 1. The van der Waals surface area contributed by atoms with Crippen LogP contribution in [0.4, 0.5) is 0 Å². The van der Waals surface area contributed by atoms with E-state index in [4.69, 9.17) is 0 Å². The Labute approximate surface area is 145 Å². The molecule has 2 aromatic heterocycles. The highest BCUT2D eigenvalue weighted by atomic mass is 16.2. The number of imidazole rings is 1. The number of H-pyrrole nitrogens is 1. The highest BCUT2D eigenvalue weighted by Gasteiger charge is 2.35. The molecule has 3 heterocycles. The van der Waals surface area contributed by atoms with Crippen molar-refractivity contribution in [2.45, 2.75) is 18.9 Å². The van der Waals surface area contributed by atoms with Gasteiger partial charge < -0.3 is 15.6 Å². The van der Waals surface area contributed by atoms with E-state index in [1.165, 1.54) is 0 Å². The van der Waals surface area contributed by atoms with Gasteiger partial charge in [-0.3, -0.25) is 9.48 Å². The number of fused-ring (bicyclic) bond motifs is 1. The summed E-state index contributed by atoms with van der Waals surface area (Å²) in [6, 6.07) is 7.70. The van der Waals surface area contributed by atoms with E-state index in [9.17, 15) is 4.79 Å². The molecule has 1 saturated heterocycles. The zero-order chi connectivity index (χ0) is 17.4. The number of rotatable bonds is 4. The molecule has 0 spiro atoms. The van der Waals surface area contributed by atoms with Crippen molar-refractivity contribution in [2.24, 2.45) is 13.0 Å². The molecule has 7 nitrogen and oxygen atoms in total. The summed E-state index contributed by atoms with van der Waals surface area (Å²) in [6.07, 6.45) is 3.83. The molecule has 3 atom stereocenters. The Bertz CT molecular complexity index is 865. The molecule has 0 bridgehead atoms. The summed E-state index contributed by atoms with van der Waals surface area (Å²) in [4.78, 5) is 20.7. The van der Waals surface area contributed by atoms with Gasteiger partial charge in [0.2, 0.25) is 5.91 Å². The second-order valence-electron chi connectivity index (χ2n) is 6.69. The van der Waals surface area contributed by atoms with Crippen LogP contribution < -0.4 is 10.6 Å². The average Bonchev–Trinajstić information content (AvgIpc) is 3.32. The molecule has 3 aromatic rings. The Morgan fingerprint density at radius 3 is 2.96 bits per heavy atom. The van der Waals surface area contributed by atoms with Gasteiger partial charge in [0.1, 0.15) is 5.82 Å². The molecule has 1 aliphatic rings. The van der Waals surface area contributed by atoms with Crippen LogP contribution in [0.2, 0.25) is 0 Å². The Hall–Kier alpha value is -2.67. The van der Waals surface area contributed by atoms with Crippen molar-refractivity contribution in [1.29, 1.82) is 0 Å². The molecule has 1 amide bonds. The van der Waals surface area contributed by atoms with Crippen LogP contribution >= 0.6 is 0 Å². The molecular weight excluding hydrogens is 316 g/mol. The summed E-state index contributed by atoms with van der Waals surface area (Å²) in [6.45, 7) is 3.43. The lowest BCUT2D eigenvalue weighted by Gasteiger charge is -2.19. The van der Waals surface area contributed by atoms with E-state index in [1.54, 1.807) is 4.68 Å². The highest BCUT2D eigenvalue weighted by molar-refractivity contribution is 5.81. The van der Waals surface area contributed by atoms with E-state index >= 15 is 0 Å². The summed E-state index contributed by atoms with van der Waals surface area (Å²) >= 11 is 0. The molecule has 1 aliphatic heterocycles. The number of benzene rings is 1. The van der Waals surface area contributed by atoms with Crippen molar-refractivity contribution >= 4 is 16.9 Å². The molecule has 3 N–H and O–H groups in total. The van der Waals surface area contributed by atoms with Crippen LogP contribution in [-0.4, -0.2) is 38.7 Å². The number of para-hydroxylation sites is 2. The first kappa shape index (κ1) is 15.8. The normalized spacial score (nSPS) is 21.5. The standard InChI is InChI=1S/C18H22N6O/c1-11(17-22-15-5-3-4-6-16(15)23-17)21-18(25)14-9-19-8-13(14)12-7-20-24(2)10-12/h3-7,10-11,13-14,19H,8-9H2,1-2H3,(H,21,25)(H,22,23)/t11?,13-,14+/m1/s1. The van der Waals surface area contributed by atoms with Gasteiger partial charge in [-0.05, 0) is 24.6 Å². The molecule has 1 fully saturated rings. The average molecular weight is 338 g/mol. The molecule has 130 valence electrons. The minimum absolute atomic E-state index is 0.0480. The van der Waals surface area contributed by atoms with Crippen LogP contribution in [0.15, 0.2) is 36.7 Å². The number of nitrogens with one attached hydrogen (secondary N) is 3. The Kier molecular flexibility index (Phi) is 4.01. The molecule has 1 unspecified atom stereocenters. The number of aromatic nitrogens is 4. The highest BCUT2D eigenvalue weighted by Crippen LogP contribution is 2.28. The third-order valence-electron chi connectivity index (χ3n) is 4.88. The Morgan fingerprint density at radius 2 is 2.20 bits per heavy atom. The molecule has 4 rings (SSSR count). The second-order valence-corrected chi connectivity index (χ2v) is 6.69. The van der Waals surface area contributed by atoms with E-state index < -0.39 is 0 Å². The number of nitrogens with zero attached hydrogens (tertiary/aromatic N) is 3. The zero-order valence-corrected chi connectivity index (χ0v) is 14.4. The quantitative estimate of drug-likeness (QED) is 0.672. The predicted octanol–water partition coefficient (Wildman–Crippen LogP) is 1.48. The van der Waals surface area contributed by atoms with Crippen molar-refractivity contribution in [3.8, 4) is 0 Å². The largest absolute Gasteiger partial charge is 0.346 e. The molecular formula is C18H22N6O. The second kappa shape index (κ2) is 6.33. The first-order chi connectivity index (χ1) is 12.1. The number of aromatic amines is 1. The topological polar surface area (TPSA) is 87.6 Å². The van der Waals surface area contributed by atoms with Gasteiger partial charge in [0, 0.05) is 32.3 Å². The lowest BCUT2D eigenvalue weighted by atomic mass is 9.90. The fourth-order valence-corrected chi connectivity index (χ4v) is 3.50. The maximum absolute atomic E-state index is 12.8. The minimum Gasteiger partial charge on any atom is -0.346 e. The number of amides is 1. The lowest BCUT2D eigenvalue weighted by molar-refractivity contribution is -0.125. The monoisotopic (exact) mass is 338 g/mol. The summed E-state index contributed by atoms with van der Waals surface area (Å²) in [5, 5.41) is 10.7. The minimum atomic E-state index is -0.171. The Morgan fingerprint density at radius 1 is 1.36 bits per heavy atom. The Balaban J connectivity index is 1.48. The molecule has 0 radical (unpaired) electrons. The number of hydrogen-bond donors (Lipinski definition) is 3. The van der Waals surface area contributed by atoms with Crippen molar-refractivity contribution < 1.29 is 4.79 Å². The van der Waals surface area contributed by atoms with Gasteiger partial charge in [-0.25, -0.2) is 4.98 Å². The molecule has 25 heavy (non-hydrogen) atoms. The maximum Gasteiger partial charge on any atom is 0.225 e. The van der Waals surface area contributed by atoms with Crippen molar-refractivity contribution in [1.82, 2.24) is 30.4 Å². The van der Waals surface area contributed by atoms with E-state index in [0.29, 0.717) is 6.54 Å². The molecule has 7 heteroatoms. The van der Waals surface area contributed by atoms with Gasteiger partial charge >= 0.3 is 0 Å². The van der Waals surface area contributed by atoms with E-state index in [0.717, 1.165) is 29.0 Å². The van der Waals surface area contributed by atoms with Gasteiger partial charge in [-0.2, -0.15) is 5.10 Å².